The molecule has 2 saturated heterocycles. The number of hydrogen-bond acceptors (Lipinski definition) is 2. The summed E-state index contributed by atoms with van der Waals surface area (Å²) in [7, 11) is 0. The minimum Gasteiger partial charge on any atom is -0.317 e. The van der Waals surface area contributed by atoms with Crippen molar-refractivity contribution in [1.29, 1.82) is 0 Å². The van der Waals surface area contributed by atoms with E-state index in [1.165, 1.54) is 71.1 Å². The minimum absolute atomic E-state index is 0.908. The van der Waals surface area contributed by atoms with Crippen molar-refractivity contribution in [3.8, 4) is 0 Å². The molecule has 0 saturated carbocycles. The van der Waals surface area contributed by atoms with Gasteiger partial charge in [0.2, 0.25) is 0 Å². The zero-order valence-corrected chi connectivity index (χ0v) is 10.5. The van der Waals surface area contributed by atoms with Crippen LogP contribution < -0.4 is 10.6 Å². The molecule has 2 aliphatic heterocycles. The first-order chi connectivity index (χ1) is 7.95. The van der Waals surface area contributed by atoms with E-state index in [4.69, 9.17) is 0 Å². The van der Waals surface area contributed by atoms with Gasteiger partial charge in [-0.15, -0.1) is 0 Å². The standard InChI is InChI=1S/C14H27N2/c1(4-13-7-10-15-11-8-13)2-5-14-6-3-9-16-12-14/h4,13-16H,1-3,5-12H2. The van der Waals surface area contributed by atoms with Crippen LogP contribution >= 0.6 is 0 Å². The first-order valence-corrected chi connectivity index (χ1v) is 7.20. The van der Waals surface area contributed by atoms with Crippen molar-refractivity contribution in [3.05, 3.63) is 6.42 Å². The van der Waals surface area contributed by atoms with Crippen LogP contribution in [0.4, 0.5) is 0 Å². The lowest BCUT2D eigenvalue weighted by molar-refractivity contribution is 0.344. The predicted octanol–water partition coefficient (Wildman–Crippen LogP) is 2.36. The Hall–Kier alpha value is -0.0800. The van der Waals surface area contributed by atoms with Crippen LogP contribution in [0.15, 0.2) is 0 Å². The molecule has 0 aromatic carbocycles. The molecule has 2 nitrogen and oxygen atoms in total. The third-order valence-corrected chi connectivity index (χ3v) is 4.10. The molecular weight excluding hydrogens is 196 g/mol. The molecule has 2 fully saturated rings. The topological polar surface area (TPSA) is 24.1 Å². The highest BCUT2D eigenvalue weighted by Crippen LogP contribution is 2.21. The Bertz CT molecular complexity index is 150. The molecule has 2 heterocycles. The Kier molecular flexibility index (Phi) is 5.64. The summed E-state index contributed by atoms with van der Waals surface area (Å²) in [6, 6.07) is 0. The second kappa shape index (κ2) is 7.29. The van der Waals surface area contributed by atoms with Crippen LogP contribution in [0, 0.1) is 18.3 Å². The molecular formula is C14H27N2. The summed E-state index contributed by atoms with van der Waals surface area (Å²) < 4.78 is 0. The summed E-state index contributed by atoms with van der Waals surface area (Å²) in [5, 5.41) is 6.94. The van der Waals surface area contributed by atoms with Crippen LogP contribution in [0.2, 0.25) is 0 Å². The van der Waals surface area contributed by atoms with Crippen LogP contribution in [-0.4, -0.2) is 26.2 Å². The van der Waals surface area contributed by atoms with Crippen molar-refractivity contribution < 1.29 is 0 Å². The van der Waals surface area contributed by atoms with Crippen LogP contribution in [0.5, 0.6) is 0 Å². The molecule has 0 aliphatic carbocycles. The van der Waals surface area contributed by atoms with Crippen LogP contribution in [-0.2, 0) is 0 Å². The fourth-order valence-corrected chi connectivity index (χ4v) is 3.01. The highest BCUT2D eigenvalue weighted by atomic mass is 14.9. The zero-order valence-electron chi connectivity index (χ0n) is 10.5. The lowest BCUT2D eigenvalue weighted by atomic mass is 9.89. The molecule has 2 aliphatic rings. The molecule has 2 rings (SSSR count). The molecule has 0 spiro atoms. The van der Waals surface area contributed by atoms with Gasteiger partial charge in [-0.2, -0.15) is 0 Å². The second-order valence-corrected chi connectivity index (χ2v) is 5.47. The van der Waals surface area contributed by atoms with Gasteiger partial charge in [0.1, 0.15) is 0 Å². The summed E-state index contributed by atoms with van der Waals surface area (Å²) in [6.45, 7) is 4.98. The van der Waals surface area contributed by atoms with Gasteiger partial charge in [-0.1, -0.05) is 6.42 Å². The summed E-state index contributed by atoms with van der Waals surface area (Å²) in [6.07, 6.45) is 12.4. The molecule has 2 heteroatoms. The third kappa shape index (κ3) is 4.42. The van der Waals surface area contributed by atoms with E-state index >= 15 is 0 Å². The molecule has 1 unspecified atom stereocenters. The summed E-state index contributed by atoms with van der Waals surface area (Å²) >= 11 is 0. The maximum absolute atomic E-state index is 3.51. The molecule has 0 amide bonds. The van der Waals surface area contributed by atoms with Crippen LogP contribution in [0.25, 0.3) is 0 Å². The zero-order chi connectivity index (χ0) is 11.1. The molecule has 93 valence electrons. The van der Waals surface area contributed by atoms with Crippen molar-refractivity contribution in [3.63, 3.8) is 0 Å². The van der Waals surface area contributed by atoms with Crippen molar-refractivity contribution in [2.24, 2.45) is 11.8 Å². The normalized spacial score (nSPS) is 28.1. The number of hydrogen-bond donors (Lipinski definition) is 2. The number of piperidine rings is 2. The van der Waals surface area contributed by atoms with Gasteiger partial charge < -0.3 is 10.6 Å². The maximum Gasteiger partial charge on any atom is -0.00205 e. The van der Waals surface area contributed by atoms with E-state index in [1.54, 1.807) is 0 Å². The monoisotopic (exact) mass is 223 g/mol. The lowest BCUT2D eigenvalue weighted by Crippen LogP contribution is -2.29. The largest absolute Gasteiger partial charge is 0.317 e. The van der Waals surface area contributed by atoms with Crippen molar-refractivity contribution in [1.82, 2.24) is 10.6 Å². The smallest absolute Gasteiger partial charge is 0.00205 e. The second-order valence-electron chi connectivity index (χ2n) is 5.47. The fraction of sp³-hybridized carbons (Fsp3) is 0.929. The lowest BCUT2D eigenvalue weighted by Gasteiger charge is -2.24. The summed E-state index contributed by atoms with van der Waals surface area (Å²) in [5.74, 6) is 1.88. The Labute approximate surface area is 101 Å². The molecule has 0 aromatic heterocycles. The first-order valence-electron chi connectivity index (χ1n) is 7.20. The molecule has 1 atom stereocenters. The van der Waals surface area contributed by atoms with Gasteiger partial charge in [0.15, 0.2) is 0 Å². The predicted molar refractivity (Wildman–Crippen MR) is 69.3 cm³/mol. The molecule has 16 heavy (non-hydrogen) atoms. The SMILES string of the molecule is [CH](CCCC1CCCNC1)C1CCNCC1. The summed E-state index contributed by atoms with van der Waals surface area (Å²) in [5.41, 5.74) is 0. The van der Waals surface area contributed by atoms with Gasteiger partial charge in [-0.05, 0) is 83.0 Å². The average Bonchev–Trinajstić information content (AvgIpc) is 2.37. The van der Waals surface area contributed by atoms with Crippen LogP contribution in [0.1, 0.15) is 44.9 Å². The van der Waals surface area contributed by atoms with Gasteiger partial charge in [-0.25, -0.2) is 0 Å². The molecule has 2 N–H and O–H groups in total. The van der Waals surface area contributed by atoms with E-state index < -0.39 is 0 Å². The highest BCUT2D eigenvalue weighted by molar-refractivity contribution is 4.81. The van der Waals surface area contributed by atoms with E-state index in [0.717, 1.165) is 11.8 Å². The molecule has 0 bridgehead atoms. The van der Waals surface area contributed by atoms with Crippen molar-refractivity contribution >= 4 is 0 Å². The Morgan fingerprint density at radius 1 is 1.00 bits per heavy atom. The van der Waals surface area contributed by atoms with Gasteiger partial charge in [0, 0.05) is 0 Å². The minimum atomic E-state index is 0.908. The quantitative estimate of drug-likeness (QED) is 0.699. The first kappa shape index (κ1) is 12.4. The van der Waals surface area contributed by atoms with Crippen LogP contribution in [0.3, 0.4) is 0 Å². The van der Waals surface area contributed by atoms with Gasteiger partial charge in [0.25, 0.3) is 0 Å². The Morgan fingerprint density at radius 2 is 1.88 bits per heavy atom. The Morgan fingerprint density at radius 3 is 2.62 bits per heavy atom. The number of unbranched alkanes of at least 4 members (excludes halogenated alkanes) is 1. The molecule has 1 radical (unpaired) electrons. The van der Waals surface area contributed by atoms with E-state index in [1.807, 2.05) is 0 Å². The van der Waals surface area contributed by atoms with Crippen molar-refractivity contribution in [2.45, 2.75) is 44.9 Å². The average molecular weight is 223 g/mol. The van der Waals surface area contributed by atoms with Gasteiger partial charge in [-0.3, -0.25) is 0 Å². The van der Waals surface area contributed by atoms with Gasteiger partial charge in [0.05, 0.1) is 0 Å². The number of rotatable bonds is 5. The van der Waals surface area contributed by atoms with E-state index in [9.17, 15) is 0 Å². The van der Waals surface area contributed by atoms with E-state index in [-0.39, 0.29) is 0 Å². The maximum atomic E-state index is 3.51. The number of nitrogens with one attached hydrogen (secondary N) is 2. The third-order valence-electron chi connectivity index (χ3n) is 4.10. The van der Waals surface area contributed by atoms with E-state index in [0.29, 0.717) is 0 Å². The van der Waals surface area contributed by atoms with E-state index in [2.05, 4.69) is 17.1 Å². The van der Waals surface area contributed by atoms with Gasteiger partial charge >= 0.3 is 0 Å². The molecule has 0 aromatic rings. The highest BCUT2D eigenvalue weighted by Gasteiger charge is 2.14. The Balaban J connectivity index is 1.47. The fourth-order valence-electron chi connectivity index (χ4n) is 3.01. The summed E-state index contributed by atoms with van der Waals surface area (Å²) in [4.78, 5) is 0. The van der Waals surface area contributed by atoms with Crippen molar-refractivity contribution in [2.75, 3.05) is 26.2 Å².